The lowest BCUT2D eigenvalue weighted by Crippen LogP contribution is -2.50. The average Bonchev–Trinajstić information content (AvgIpc) is 3.75. The Morgan fingerprint density at radius 2 is 1.49 bits per heavy atom. The summed E-state index contributed by atoms with van der Waals surface area (Å²) in [4.78, 5) is 58.2. The van der Waals surface area contributed by atoms with Gasteiger partial charge in [0.25, 0.3) is 5.56 Å². The summed E-state index contributed by atoms with van der Waals surface area (Å²) in [6.07, 6.45) is -0.855. The molecule has 0 aliphatic carbocycles. The number of phosphoric ester groups is 1. The third kappa shape index (κ3) is 9.37. The van der Waals surface area contributed by atoms with Crippen LogP contribution in [0.3, 0.4) is 0 Å². The average molecular weight is 866 g/mol. The van der Waals surface area contributed by atoms with Gasteiger partial charge in [-0.15, -0.1) is 11.8 Å². The Labute approximate surface area is 348 Å². The van der Waals surface area contributed by atoms with E-state index in [4.69, 9.17) is 23.2 Å². The molecule has 4 N–H and O–H groups in total. The van der Waals surface area contributed by atoms with E-state index in [1.165, 1.54) is 18.1 Å². The van der Waals surface area contributed by atoms with E-state index in [0.29, 0.717) is 11.5 Å². The SMILES string of the molecule is COc1ccc(C(OC[C@H]2S[C@@H](n3cnc4c(=O)[nH]c(NC(=O)C(C)C)nc43)[C@H](OP(=O)(O)O)[C@@H]2O[Si](C)(C)C(C)(C)C)(c2ccccc2)c2ccc(OC)cc2)cc1. The highest BCUT2D eigenvalue weighted by Crippen LogP contribution is 2.54. The third-order valence-electron chi connectivity index (χ3n) is 10.9. The lowest BCUT2D eigenvalue weighted by Gasteiger charge is -2.42. The summed E-state index contributed by atoms with van der Waals surface area (Å²) in [6.45, 7) is 13.7. The molecule has 2 aromatic heterocycles. The van der Waals surface area contributed by atoms with Crippen molar-refractivity contribution in [1.82, 2.24) is 19.5 Å². The highest BCUT2D eigenvalue weighted by atomic mass is 32.2. The van der Waals surface area contributed by atoms with Crippen molar-refractivity contribution >= 4 is 50.9 Å². The zero-order valence-electron chi connectivity index (χ0n) is 34.5. The number of imidazole rings is 1. The van der Waals surface area contributed by atoms with Crippen LogP contribution >= 0.6 is 19.6 Å². The first-order chi connectivity index (χ1) is 27.8. The summed E-state index contributed by atoms with van der Waals surface area (Å²) < 4.78 is 45.6. The molecule has 15 nitrogen and oxygen atoms in total. The minimum absolute atomic E-state index is 0.00916. The first-order valence-corrected chi connectivity index (χ1v) is 24.5. The third-order valence-corrected chi connectivity index (χ3v) is 17.4. The van der Waals surface area contributed by atoms with Crippen molar-refractivity contribution in [3.63, 3.8) is 0 Å². The second kappa shape index (κ2) is 17.3. The van der Waals surface area contributed by atoms with Crippen LogP contribution in [0, 0.1) is 5.92 Å². The number of nitrogens with zero attached hydrogens (tertiary/aromatic N) is 3. The van der Waals surface area contributed by atoms with Gasteiger partial charge in [0.05, 0.1) is 38.5 Å². The summed E-state index contributed by atoms with van der Waals surface area (Å²) in [5, 5.41) is 0.760. The standard InChI is InChI=1S/C41H52N5O10PSSi/c1-25(2)36(47)44-39-43-35-32(37(48)45-39)42-24-46(35)38-34(55-57(49,50)51)33(56-59(8,9)40(3,4)5)31(58-38)23-54-41(26-13-11-10-12-14-26,27-15-19-29(52-6)20-16-27)28-17-21-30(53-7)22-18-28/h10-22,24-25,31,33-34,38H,23H2,1-9H3,(H2,49,50,51)(H2,43,44,45,47,48)/t31-,33-,34-,38-/m1/s1. The molecule has 1 aliphatic heterocycles. The van der Waals surface area contributed by atoms with Crippen LogP contribution in [0.1, 0.15) is 56.7 Å². The smallest absolute Gasteiger partial charge is 0.470 e. The Bertz CT molecular complexity index is 2300. The Morgan fingerprint density at radius 1 is 0.932 bits per heavy atom. The van der Waals surface area contributed by atoms with Crippen molar-refractivity contribution in [3.05, 3.63) is 112 Å². The minimum Gasteiger partial charge on any atom is -0.497 e. The molecule has 5 aromatic rings. The molecule has 4 atom stereocenters. The molecule has 1 saturated heterocycles. The molecular formula is C41H52N5O10PSSi. The van der Waals surface area contributed by atoms with Crippen LogP contribution in [0.2, 0.25) is 18.1 Å². The molecule has 0 saturated carbocycles. The summed E-state index contributed by atoms with van der Waals surface area (Å²) in [6, 6.07) is 25.0. The molecule has 0 bridgehead atoms. The highest BCUT2D eigenvalue weighted by Gasteiger charge is 2.54. The molecule has 18 heteroatoms. The normalized spacial score (nSPS) is 19.0. The number of nitrogens with one attached hydrogen (secondary N) is 2. The van der Waals surface area contributed by atoms with Gasteiger partial charge in [-0.25, -0.2) is 9.55 Å². The maximum atomic E-state index is 13.3. The molecule has 1 aliphatic rings. The monoisotopic (exact) mass is 865 g/mol. The van der Waals surface area contributed by atoms with Crippen molar-refractivity contribution in [3.8, 4) is 11.5 Å². The first-order valence-electron chi connectivity index (χ1n) is 19.1. The maximum Gasteiger partial charge on any atom is 0.470 e. The largest absolute Gasteiger partial charge is 0.497 e. The lowest BCUT2D eigenvalue weighted by molar-refractivity contribution is -0.118. The van der Waals surface area contributed by atoms with Crippen molar-refractivity contribution in [2.45, 2.75) is 81.2 Å². The number of thioether (sulfide) groups is 1. The van der Waals surface area contributed by atoms with Gasteiger partial charge < -0.3 is 28.4 Å². The summed E-state index contributed by atoms with van der Waals surface area (Å²) >= 11 is 1.31. The number of anilines is 1. The van der Waals surface area contributed by atoms with Crippen molar-refractivity contribution in [2.24, 2.45) is 5.92 Å². The number of benzene rings is 3. The van der Waals surface area contributed by atoms with Gasteiger partial charge in [0.2, 0.25) is 11.9 Å². The fourth-order valence-corrected chi connectivity index (χ4v) is 10.3. The van der Waals surface area contributed by atoms with Gasteiger partial charge >= 0.3 is 7.82 Å². The quantitative estimate of drug-likeness (QED) is 0.0468. The number of H-pyrrole nitrogens is 1. The Hall–Kier alpha value is -4.32. The van der Waals surface area contributed by atoms with Crippen LogP contribution in [-0.4, -0.2) is 81.8 Å². The van der Waals surface area contributed by atoms with Gasteiger partial charge in [-0.05, 0) is 59.1 Å². The van der Waals surface area contributed by atoms with Gasteiger partial charge in [0.15, 0.2) is 19.5 Å². The number of aromatic amines is 1. The molecule has 0 spiro atoms. The predicted octanol–water partition coefficient (Wildman–Crippen LogP) is 7.22. The zero-order chi connectivity index (χ0) is 42.9. The second-order valence-corrected chi connectivity index (χ2v) is 23.5. The van der Waals surface area contributed by atoms with Gasteiger partial charge in [0.1, 0.15) is 28.6 Å². The molecule has 3 aromatic carbocycles. The van der Waals surface area contributed by atoms with Gasteiger partial charge in [-0.3, -0.25) is 29.0 Å². The molecular weight excluding hydrogens is 814 g/mol. The number of amides is 1. The van der Waals surface area contributed by atoms with Crippen LogP contribution in [-0.2, 0) is 28.6 Å². The van der Waals surface area contributed by atoms with Crippen molar-refractivity contribution in [1.29, 1.82) is 0 Å². The van der Waals surface area contributed by atoms with Crippen LogP contribution in [0.4, 0.5) is 5.95 Å². The van der Waals surface area contributed by atoms with Gasteiger partial charge in [-0.2, -0.15) is 4.98 Å². The number of rotatable bonds is 15. The van der Waals surface area contributed by atoms with E-state index in [-0.39, 0.29) is 34.7 Å². The van der Waals surface area contributed by atoms with E-state index in [1.54, 1.807) is 32.6 Å². The summed E-state index contributed by atoms with van der Waals surface area (Å²) in [5.74, 6) is 0.449. The van der Waals surface area contributed by atoms with Crippen LogP contribution in [0.5, 0.6) is 11.5 Å². The van der Waals surface area contributed by atoms with E-state index >= 15 is 0 Å². The van der Waals surface area contributed by atoms with Crippen molar-refractivity contribution in [2.75, 3.05) is 26.1 Å². The maximum absolute atomic E-state index is 13.3. The number of ether oxygens (including phenoxy) is 3. The number of hydrogen-bond acceptors (Lipinski definition) is 11. The van der Waals surface area contributed by atoms with E-state index in [9.17, 15) is 23.9 Å². The fraction of sp³-hybridized carbons (Fsp3) is 0.415. The predicted molar refractivity (Wildman–Crippen MR) is 229 cm³/mol. The number of fused-ring (bicyclic) bond motifs is 1. The molecule has 6 rings (SSSR count). The number of carbonyl (C=O) groups is 1. The second-order valence-electron chi connectivity index (χ2n) is 16.2. The zero-order valence-corrected chi connectivity index (χ0v) is 37.2. The number of methoxy groups -OCH3 is 2. The molecule has 0 radical (unpaired) electrons. The molecule has 316 valence electrons. The lowest BCUT2D eigenvalue weighted by atomic mass is 9.80. The highest BCUT2D eigenvalue weighted by molar-refractivity contribution is 8.00. The molecule has 1 amide bonds. The number of carbonyl (C=O) groups excluding carboxylic acids is 1. The topological polar surface area (TPSA) is 196 Å². The Balaban J connectivity index is 1.52. The van der Waals surface area contributed by atoms with E-state index in [0.717, 1.165) is 16.7 Å². The van der Waals surface area contributed by atoms with Crippen LogP contribution in [0.25, 0.3) is 11.2 Å². The van der Waals surface area contributed by atoms with Crippen LogP contribution in [0.15, 0.2) is 90.0 Å². The van der Waals surface area contributed by atoms with Gasteiger partial charge in [0, 0.05) is 5.92 Å². The fourth-order valence-electron chi connectivity index (χ4n) is 6.71. The van der Waals surface area contributed by atoms with E-state index in [1.807, 2.05) is 78.9 Å². The Morgan fingerprint density at radius 3 is 2.00 bits per heavy atom. The summed E-state index contributed by atoms with van der Waals surface area (Å²) in [7, 11) is -4.67. The minimum atomic E-state index is -5.17. The van der Waals surface area contributed by atoms with Crippen LogP contribution < -0.4 is 20.3 Å². The van der Waals surface area contributed by atoms with E-state index in [2.05, 4.69) is 54.1 Å². The van der Waals surface area contributed by atoms with Crippen molar-refractivity contribution < 1.29 is 42.3 Å². The molecule has 1 fully saturated rings. The van der Waals surface area contributed by atoms with Gasteiger partial charge in [-0.1, -0.05) is 89.2 Å². The molecule has 3 heterocycles. The molecule has 0 unspecified atom stereocenters. The number of aromatic nitrogens is 4. The number of hydrogen-bond donors (Lipinski definition) is 4. The summed E-state index contributed by atoms with van der Waals surface area (Å²) in [5.41, 5.74) is 0.612. The number of phosphoric acid groups is 1. The Kier molecular flexibility index (Phi) is 13.0. The first kappa shape index (κ1) is 44.2. The molecule has 59 heavy (non-hydrogen) atoms. The van der Waals surface area contributed by atoms with E-state index < -0.39 is 56.1 Å².